The lowest BCUT2D eigenvalue weighted by molar-refractivity contribution is 0.228. The summed E-state index contributed by atoms with van der Waals surface area (Å²) in [6.07, 6.45) is 2.20. The summed E-state index contributed by atoms with van der Waals surface area (Å²) in [7, 11) is 2.14. The second-order valence-corrected chi connectivity index (χ2v) is 5.75. The number of hydrogen-bond donors (Lipinski definition) is 2. The van der Waals surface area contributed by atoms with Crippen molar-refractivity contribution >= 4 is 10.9 Å². The molecule has 1 unspecified atom stereocenters. The van der Waals surface area contributed by atoms with Crippen LogP contribution in [-0.4, -0.2) is 22.8 Å². The number of fused-ring (bicyclic) bond motifs is 1. The van der Waals surface area contributed by atoms with E-state index in [1.165, 1.54) is 22.2 Å². The fourth-order valence-corrected chi connectivity index (χ4v) is 2.76. The summed E-state index contributed by atoms with van der Waals surface area (Å²) >= 11 is 0. The summed E-state index contributed by atoms with van der Waals surface area (Å²) in [5, 5.41) is 13.9. The van der Waals surface area contributed by atoms with Gasteiger partial charge in [-0.2, -0.15) is 0 Å². The Morgan fingerprint density at radius 2 is 2.05 bits per heavy atom. The predicted molar refractivity (Wildman–Crippen MR) is 84.8 cm³/mol. The molecule has 0 amide bonds. The molecule has 1 aromatic carbocycles. The van der Waals surface area contributed by atoms with Crippen molar-refractivity contribution in [2.24, 2.45) is 13.0 Å². The van der Waals surface area contributed by atoms with Crippen LogP contribution in [0.2, 0.25) is 0 Å². The van der Waals surface area contributed by atoms with Crippen LogP contribution in [0.15, 0.2) is 24.3 Å². The van der Waals surface area contributed by atoms with Gasteiger partial charge in [-0.05, 0) is 43.9 Å². The molecule has 2 rings (SSSR count). The Kier molecular flexibility index (Phi) is 5.21. The molecule has 3 nitrogen and oxygen atoms in total. The van der Waals surface area contributed by atoms with Crippen LogP contribution >= 0.6 is 0 Å². The monoisotopic (exact) mass is 274 g/mol. The molecule has 3 heteroatoms. The summed E-state index contributed by atoms with van der Waals surface area (Å²) < 4.78 is 2.29. The summed E-state index contributed by atoms with van der Waals surface area (Å²) in [5.41, 5.74) is 4.04. The summed E-state index contributed by atoms with van der Waals surface area (Å²) in [4.78, 5) is 0. The Labute approximate surface area is 121 Å². The Balaban J connectivity index is 1.93. The maximum absolute atomic E-state index is 9.00. The highest BCUT2D eigenvalue weighted by Crippen LogP contribution is 2.24. The van der Waals surface area contributed by atoms with E-state index in [4.69, 9.17) is 5.11 Å². The SMILES string of the molecule is Cc1c(CNCCCC(C)CO)n(C)c2ccccc12. The van der Waals surface area contributed by atoms with E-state index in [9.17, 15) is 0 Å². The largest absolute Gasteiger partial charge is 0.396 e. The third-order valence-electron chi connectivity index (χ3n) is 4.16. The van der Waals surface area contributed by atoms with Crippen LogP contribution in [0.25, 0.3) is 10.9 Å². The third-order valence-corrected chi connectivity index (χ3v) is 4.16. The molecule has 0 saturated carbocycles. The second kappa shape index (κ2) is 6.91. The Morgan fingerprint density at radius 1 is 1.30 bits per heavy atom. The molecule has 0 aliphatic rings. The van der Waals surface area contributed by atoms with Gasteiger partial charge < -0.3 is 15.0 Å². The van der Waals surface area contributed by atoms with E-state index >= 15 is 0 Å². The summed E-state index contributed by atoms with van der Waals surface area (Å²) in [5.74, 6) is 0.413. The minimum atomic E-state index is 0.294. The van der Waals surface area contributed by atoms with E-state index in [1.54, 1.807) is 0 Å². The molecule has 1 atom stereocenters. The molecule has 0 spiro atoms. The molecule has 0 saturated heterocycles. The Hall–Kier alpha value is -1.32. The van der Waals surface area contributed by atoms with E-state index in [1.807, 2.05) is 0 Å². The van der Waals surface area contributed by atoms with Crippen molar-refractivity contribution in [3.8, 4) is 0 Å². The van der Waals surface area contributed by atoms with Crippen LogP contribution in [0.5, 0.6) is 0 Å². The van der Waals surface area contributed by atoms with Crippen molar-refractivity contribution in [3.05, 3.63) is 35.5 Å². The van der Waals surface area contributed by atoms with E-state index in [2.05, 4.69) is 55.0 Å². The lowest BCUT2D eigenvalue weighted by atomic mass is 10.1. The van der Waals surface area contributed by atoms with Gasteiger partial charge in [0.2, 0.25) is 0 Å². The number of hydrogen-bond acceptors (Lipinski definition) is 2. The van der Waals surface area contributed by atoms with Gasteiger partial charge in [0.15, 0.2) is 0 Å². The van der Waals surface area contributed by atoms with Crippen LogP contribution in [0.1, 0.15) is 31.0 Å². The molecular weight excluding hydrogens is 248 g/mol. The fraction of sp³-hybridized carbons (Fsp3) is 0.529. The average molecular weight is 274 g/mol. The van der Waals surface area contributed by atoms with Crippen molar-refractivity contribution in [1.82, 2.24) is 9.88 Å². The first-order chi connectivity index (χ1) is 9.65. The maximum atomic E-state index is 9.00. The Bertz CT molecular complexity index is 520. The van der Waals surface area contributed by atoms with Gasteiger partial charge in [-0.3, -0.25) is 0 Å². The molecule has 0 aliphatic carbocycles. The van der Waals surface area contributed by atoms with Crippen LogP contribution in [-0.2, 0) is 13.6 Å². The molecule has 0 fully saturated rings. The quantitative estimate of drug-likeness (QED) is 0.762. The van der Waals surface area contributed by atoms with Crippen molar-refractivity contribution in [1.29, 1.82) is 0 Å². The number of aliphatic hydroxyl groups is 1. The zero-order chi connectivity index (χ0) is 14.5. The summed E-state index contributed by atoms with van der Waals surface area (Å²) in [6, 6.07) is 8.56. The zero-order valence-corrected chi connectivity index (χ0v) is 12.8. The predicted octanol–water partition coefficient (Wildman–Crippen LogP) is 2.98. The van der Waals surface area contributed by atoms with Crippen molar-refractivity contribution < 1.29 is 5.11 Å². The number of aromatic nitrogens is 1. The van der Waals surface area contributed by atoms with Gasteiger partial charge in [0.1, 0.15) is 0 Å². The molecule has 20 heavy (non-hydrogen) atoms. The minimum Gasteiger partial charge on any atom is -0.396 e. The molecule has 0 bridgehead atoms. The van der Waals surface area contributed by atoms with E-state index in [0.717, 1.165) is 25.9 Å². The number of aliphatic hydroxyl groups excluding tert-OH is 1. The van der Waals surface area contributed by atoms with Crippen molar-refractivity contribution in [2.75, 3.05) is 13.2 Å². The molecular formula is C17H26N2O. The number of para-hydroxylation sites is 1. The van der Waals surface area contributed by atoms with Gasteiger partial charge in [0.25, 0.3) is 0 Å². The highest BCUT2D eigenvalue weighted by molar-refractivity contribution is 5.85. The lowest BCUT2D eigenvalue weighted by Gasteiger charge is -2.10. The van der Waals surface area contributed by atoms with Gasteiger partial charge >= 0.3 is 0 Å². The maximum Gasteiger partial charge on any atom is 0.0483 e. The van der Waals surface area contributed by atoms with Gasteiger partial charge in [0.05, 0.1) is 0 Å². The fourth-order valence-electron chi connectivity index (χ4n) is 2.76. The summed E-state index contributed by atoms with van der Waals surface area (Å²) in [6.45, 7) is 6.50. The van der Waals surface area contributed by atoms with Gasteiger partial charge in [-0.25, -0.2) is 0 Å². The number of nitrogens with one attached hydrogen (secondary N) is 1. The Morgan fingerprint density at radius 3 is 2.75 bits per heavy atom. The number of nitrogens with zero attached hydrogens (tertiary/aromatic N) is 1. The molecule has 110 valence electrons. The van der Waals surface area contributed by atoms with E-state index < -0.39 is 0 Å². The van der Waals surface area contributed by atoms with Crippen molar-refractivity contribution in [3.63, 3.8) is 0 Å². The van der Waals surface area contributed by atoms with Crippen LogP contribution in [0.3, 0.4) is 0 Å². The van der Waals surface area contributed by atoms with E-state index in [-0.39, 0.29) is 0 Å². The smallest absolute Gasteiger partial charge is 0.0483 e. The second-order valence-electron chi connectivity index (χ2n) is 5.75. The minimum absolute atomic E-state index is 0.294. The topological polar surface area (TPSA) is 37.2 Å². The van der Waals surface area contributed by atoms with Gasteiger partial charge in [-0.1, -0.05) is 25.1 Å². The molecule has 1 aromatic heterocycles. The molecule has 2 aromatic rings. The number of rotatable bonds is 7. The first kappa shape index (κ1) is 15.1. The molecule has 1 heterocycles. The number of benzene rings is 1. The molecule has 2 N–H and O–H groups in total. The van der Waals surface area contributed by atoms with E-state index in [0.29, 0.717) is 12.5 Å². The molecule has 0 radical (unpaired) electrons. The zero-order valence-electron chi connectivity index (χ0n) is 12.8. The standard InChI is InChI=1S/C17H26N2O/c1-13(12-20)7-6-10-18-11-17-14(2)15-8-4-5-9-16(15)19(17)3/h4-5,8-9,13,18,20H,6-7,10-12H2,1-3H3. The third kappa shape index (κ3) is 3.22. The normalized spacial score (nSPS) is 13.0. The lowest BCUT2D eigenvalue weighted by Crippen LogP contribution is -2.18. The van der Waals surface area contributed by atoms with Crippen LogP contribution in [0, 0.1) is 12.8 Å². The van der Waals surface area contributed by atoms with Crippen molar-refractivity contribution in [2.45, 2.75) is 33.2 Å². The van der Waals surface area contributed by atoms with Gasteiger partial charge in [0, 0.05) is 36.8 Å². The average Bonchev–Trinajstić information content (AvgIpc) is 2.71. The molecule has 0 aliphatic heterocycles. The highest BCUT2D eigenvalue weighted by Gasteiger charge is 2.10. The first-order valence-corrected chi connectivity index (χ1v) is 7.49. The van der Waals surface area contributed by atoms with Gasteiger partial charge in [-0.15, -0.1) is 0 Å². The van der Waals surface area contributed by atoms with Crippen LogP contribution in [0.4, 0.5) is 0 Å². The first-order valence-electron chi connectivity index (χ1n) is 7.49. The van der Waals surface area contributed by atoms with Crippen LogP contribution < -0.4 is 5.32 Å². The number of aryl methyl sites for hydroxylation is 2. The highest BCUT2D eigenvalue weighted by atomic mass is 16.3.